The van der Waals surface area contributed by atoms with E-state index in [1.807, 2.05) is 0 Å². The molecule has 0 aromatic heterocycles. The lowest BCUT2D eigenvalue weighted by Crippen LogP contribution is -2.42. The van der Waals surface area contributed by atoms with Gasteiger partial charge in [-0.25, -0.2) is 4.39 Å². The largest absolute Gasteiger partial charge is 0.486 e. The van der Waals surface area contributed by atoms with Crippen LogP contribution in [0.2, 0.25) is 0 Å². The molecule has 3 N–H and O–H groups in total. The molecule has 1 amide bonds. The Morgan fingerprint density at radius 3 is 2.71 bits per heavy atom. The van der Waals surface area contributed by atoms with E-state index in [9.17, 15) is 9.18 Å². The molecule has 17 heavy (non-hydrogen) atoms. The summed E-state index contributed by atoms with van der Waals surface area (Å²) in [7, 11) is 0. The lowest BCUT2D eigenvalue weighted by atomic mass is 10.3. The molecule has 0 bridgehead atoms. The van der Waals surface area contributed by atoms with Gasteiger partial charge in [-0.05, 0) is 26.0 Å². The normalized spacial score (nSPS) is 13.9. The van der Waals surface area contributed by atoms with Crippen molar-refractivity contribution in [2.45, 2.75) is 26.0 Å². The van der Waals surface area contributed by atoms with Crippen LogP contribution < -0.4 is 15.8 Å². The topological polar surface area (TPSA) is 64.4 Å². The van der Waals surface area contributed by atoms with Crippen LogP contribution in [0.25, 0.3) is 0 Å². The minimum Gasteiger partial charge on any atom is -0.486 e. The molecule has 0 aliphatic rings. The highest BCUT2D eigenvalue weighted by atomic mass is 19.1. The number of nitrogens with two attached hydrogens (primary N) is 1. The third kappa shape index (κ3) is 4.40. The number of halogens is 1. The fourth-order valence-corrected chi connectivity index (χ4v) is 1.20. The van der Waals surface area contributed by atoms with Crippen LogP contribution in [0.15, 0.2) is 24.3 Å². The maximum absolute atomic E-state index is 13.2. The monoisotopic (exact) mass is 240 g/mol. The molecule has 1 aromatic carbocycles. The highest BCUT2D eigenvalue weighted by Crippen LogP contribution is 2.16. The number of carbonyl (C=O) groups is 1. The van der Waals surface area contributed by atoms with Crippen molar-refractivity contribution >= 4 is 5.91 Å². The average Bonchev–Trinajstić information content (AvgIpc) is 2.29. The smallest absolute Gasteiger partial charge is 0.236 e. The van der Waals surface area contributed by atoms with E-state index in [0.29, 0.717) is 0 Å². The highest BCUT2D eigenvalue weighted by Gasteiger charge is 2.11. The zero-order valence-electron chi connectivity index (χ0n) is 9.94. The summed E-state index contributed by atoms with van der Waals surface area (Å²) >= 11 is 0. The van der Waals surface area contributed by atoms with Crippen molar-refractivity contribution in [3.63, 3.8) is 0 Å². The summed E-state index contributed by atoms with van der Waals surface area (Å²) < 4.78 is 18.6. The summed E-state index contributed by atoms with van der Waals surface area (Å²) in [6, 6.07) is 5.58. The Kier molecular flexibility index (Phi) is 4.90. The molecule has 0 aliphatic carbocycles. The Labute approximate surface area is 100.0 Å². The molecule has 0 radical (unpaired) electrons. The van der Waals surface area contributed by atoms with Crippen LogP contribution in [0.4, 0.5) is 4.39 Å². The van der Waals surface area contributed by atoms with Crippen molar-refractivity contribution in [3.8, 4) is 5.75 Å². The lowest BCUT2D eigenvalue weighted by Gasteiger charge is -2.16. The summed E-state index contributed by atoms with van der Waals surface area (Å²) in [6.45, 7) is 3.63. The predicted octanol–water partition coefficient (Wildman–Crippen LogP) is 1.06. The van der Waals surface area contributed by atoms with E-state index in [2.05, 4.69) is 5.32 Å². The number of ether oxygens (including phenoxy) is 1. The van der Waals surface area contributed by atoms with Gasteiger partial charge in [-0.3, -0.25) is 4.79 Å². The Bertz CT molecular complexity index is 383. The van der Waals surface area contributed by atoms with E-state index in [1.54, 1.807) is 32.0 Å². The van der Waals surface area contributed by atoms with Gasteiger partial charge in [-0.15, -0.1) is 0 Å². The van der Waals surface area contributed by atoms with Gasteiger partial charge in [-0.2, -0.15) is 0 Å². The maximum Gasteiger partial charge on any atom is 0.236 e. The zero-order chi connectivity index (χ0) is 12.8. The Balaban J connectivity index is 2.43. The summed E-state index contributed by atoms with van der Waals surface area (Å²) in [6.07, 6.45) is -0.324. The molecule has 0 spiro atoms. The van der Waals surface area contributed by atoms with Crippen LogP contribution in [-0.2, 0) is 4.79 Å². The van der Waals surface area contributed by atoms with Gasteiger partial charge in [0, 0.05) is 0 Å². The number of benzene rings is 1. The second-order valence-electron chi connectivity index (χ2n) is 3.89. The standard InChI is InChI=1S/C12H17FN2O2/c1-8(7-15-12(16)9(2)14)17-11-6-4-3-5-10(11)13/h3-6,8-9H,7,14H2,1-2H3,(H,15,16)/t8?,9-/m0/s1. The van der Waals surface area contributed by atoms with Crippen molar-refractivity contribution in [3.05, 3.63) is 30.1 Å². The van der Waals surface area contributed by atoms with Crippen LogP contribution in [0, 0.1) is 5.82 Å². The first-order chi connectivity index (χ1) is 8.00. The van der Waals surface area contributed by atoms with Crippen LogP contribution in [-0.4, -0.2) is 24.6 Å². The highest BCUT2D eigenvalue weighted by molar-refractivity contribution is 5.80. The molecular weight excluding hydrogens is 223 g/mol. The minimum absolute atomic E-state index is 0.176. The lowest BCUT2D eigenvalue weighted by molar-refractivity contribution is -0.122. The number of rotatable bonds is 5. The molecule has 1 unspecified atom stereocenters. The van der Waals surface area contributed by atoms with E-state index in [0.717, 1.165) is 0 Å². The summed E-state index contributed by atoms with van der Waals surface area (Å²) in [5.41, 5.74) is 5.39. The number of amides is 1. The van der Waals surface area contributed by atoms with Crippen LogP contribution in [0.1, 0.15) is 13.8 Å². The molecule has 0 fully saturated rings. The minimum atomic E-state index is -0.560. The SMILES string of the molecule is CC(CNC(=O)[C@H](C)N)Oc1ccccc1F. The summed E-state index contributed by atoms with van der Waals surface area (Å²) in [4.78, 5) is 11.2. The third-order valence-electron chi connectivity index (χ3n) is 2.14. The number of hydrogen-bond donors (Lipinski definition) is 2. The van der Waals surface area contributed by atoms with E-state index < -0.39 is 11.9 Å². The summed E-state index contributed by atoms with van der Waals surface area (Å²) in [5, 5.41) is 2.61. The number of carbonyl (C=O) groups excluding carboxylic acids is 1. The number of hydrogen-bond acceptors (Lipinski definition) is 3. The molecule has 1 aromatic rings. The first kappa shape index (κ1) is 13.4. The molecule has 1 rings (SSSR count). The van der Waals surface area contributed by atoms with Crippen LogP contribution >= 0.6 is 0 Å². The molecular formula is C12H17FN2O2. The molecule has 5 heteroatoms. The van der Waals surface area contributed by atoms with Gasteiger partial charge in [0.15, 0.2) is 11.6 Å². The Morgan fingerprint density at radius 1 is 1.47 bits per heavy atom. The fourth-order valence-electron chi connectivity index (χ4n) is 1.20. The Hall–Kier alpha value is -1.62. The molecule has 0 heterocycles. The predicted molar refractivity (Wildman–Crippen MR) is 63.1 cm³/mol. The van der Waals surface area contributed by atoms with E-state index in [4.69, 9.17) is 10.5 Å². The van der Waals surface area contributed by atoms with Gasteiger partial charge in [0.25, 0.3) is 0 Å². The summed E-state index contributed by atoms with van der Waals surface area (Å²) in [5.74, 6) is -0.498. The Morgan fingerprint density at radius 2 is 2.12 bits per heavy atom. The molecule has 4 nitrogen and oxygen atoms in total. The molecule has 0 saturated carbocycles. The zero-order valence-corrected chi connectivity index (χ0v) is 9.94. The van der Waals surface area contributed by atoms with E-state index in [1.165, 1.54) is 6.07 Å². The van der Waals surface area contributed by atoms with Crippen molar-refractivity contribution < 1.29 is 13.9 Å². The molecule has 0 saturated heterocycles. The first-order valence-corrected chi connectivity index (χ1v) is 5.45. The first-order valence-electron chi connectivity index (χ1n) is 5.45. The van der Waals surface area contributed by atoms with E-state index in [-0.39, 0.29) is 24.3 Å². The fraction of sp³-hybridized carbons (Fsp3) is 0.417. The van der Waals surface area contributed by atoms with Crippen molar-refractivity contribution in [2.24, 2.45) is 5.73 Å². The second kappa shape index (κ2) is 6.20. The maximum atomic E-state index is 13.2. The quantitative estimate of drug-likeness (QED) is 0.808. The van der Waals surface area contributed by atoms with Crippen LogP contribution in [0.3, 0.4) is 0 Å². The molecule has 2 atom stereocenters. The van der Waals surface area contributed by atoms with Gasteiger partial charge in [0.1, 0.15) is 6.10 Å². The second-order valence-corrected chi connectivity index (χ2v) is 3.89. The van der Waals surface area contributed by atoms with Gasteiger partial charge >= 0.3 is 0 Å². The van der Waals surface area contributed by atoms with Crippen molar-refractivity contribution in [1.29, 1.82) is 0 Å². The number of nitrogens with one attached hydrogen (secondary N) is 1. The van der Waals surface area contributed by atoms with Gasteiger partial charge < -0.3 is 15.8 Å². The van der Waals surface area contributed by atoms with Gasteiger partial charge in [-0.1, -0.05) is 12.1 Å². The van der Waals surface area contributed by atoms with Crippen molar-refractivity contribution in [1.82, 2.24) is 5.32 Å². The van der Waals surface area contributed by atoms with Crippen molar-refractivity contribution in [2.75, 3.05) is 6.54 Å². The molecule has 94 valence electrons. The number of para-hydroxylation sites is 1. The van der Waals surface area contributed by atoms with E-state index >= 15 is 0 Å². The average molecular weight is 240 g/mol. The van der Waals surface area contributed by atoms with Gasteiger partial charge in [0.2, 0.25) is 5.91 Å². The van der Waals surface area contributed by atoms with Gasteiger partial charge in [0.05, 0.1) is 12.6 Å². The third-order valence-corrected chi connectivity index (χ3v) is 2.14. The van der Waals surface area contributed by atoms with Crippen LogP contribution in [0.5, 0.6) is 5.75 Å². The molecule has 0 aliphatic heterocycles.